The lowest BCUT2D eigenvalue weighted by Crippen LogP contribution is -2.38. The van der Waals surface area contributed by atoms with Crippen molar-refractivity contribution in [2.45, 2.75) is 19.5 Å². The molecule has 1 aliphatic rings. The zero-order valence-electron chi connectivity index (χ0n) is 12.7. The van der Waals surface area contributed by atoms with Crippen molar-refractivity contribution in [3.63, 3.8) is 0 Å². The summed E-state index contributed by atoms with van der Waals surface area (Å²) in [6.45, 7) is 2.54. The van der Waals surface area contributed by atoms with Gasteiger partial charge >= 0.3 is 0 Å². The van der Waals surface area contributed by atoms with Crippen molar-refractivity contribution in [1.29, 1.82) is 0 Å². The highest BCUT2D eigenvalue weighted by atomic mass is 16.7. The Morgan fingerprint density at radius 2 is 1.87 bits per heavy atom. The molecule has 0 spiro atoms. The summed E-state index contributed by atoms with van der Waals surface area (Å²) in [5.41, 5.74) is 6.25. The number of benzene rings is 2. The topological polar surface area (TPSA) is 82.8 Å². The van der Waals surface area contributed by atoms with Gasteiger partial charge in [0.1, 0.15) is 11.5 Å². The van der Waals surface area contributed by atoms with E-state index in [-0.39, 0.29) is 18.7 Å². The van der Waals surface area contributed by atoms with E-state index in [2.05, 4.69) is 5.32 Å². The van der Waals surface area contributed by atoms with E-state index in [1.807, 2.05) is 36.4 Å². The maximum absolute atomic E-state index is 11.0. The number of rotatable bonds is 6. The first-order valence-corrected chi connectivity index (χ1v) is 7.31. The van der Waals surface area contributed by atoms with Crippen LogP contribution in [-0.2, 0) is 11.3 Å². The molecular weight excluding hydrogens is 296 g/mol. The van der Waals surface area contributed by atoms with E-state index in [0.29, 0.717) is 18.0 Å². The van der Waals surface area contributed by atoms with Gasteiger partial charge in [0.15, 0.2) is 11.5 Å². The molecule has 0 saturated heterocycles. The molecule has 2 aromatic carbocycles. The summed E-state index contributed by atoms with van der Waals surface area (Å²) in [5.74, 6) is 2.44. The minimum Gasteiger partial charge on any atom is -0.457 e. The maximum atomic E-state index is 11.0. The quantitative estimate of drug-likeness (QED) is 0.854. The Hall–Kier alpha value is -2.73. The molecule has 1 amide bonds. The van der Waals surface area contributed by atoms with Crippen LogP contribution in [0.15, 0.2) is 42.5 Å². The van der Waals surface area contributed by atoms with E-state index in [9.17, 15) is 4.79 Å². The average Bonchev–Trinajstić information content (AvgIpc) is 3.01. The second-order valence-electron chi connectivity index (χ2n) is 5.27. The second kappa shape index (κ2) is 6.58. The summed E-state index contributed by atoms with van der Waals surface area (Å²) in [6.07, 6.45) is 0. The predicted molar refractivity (Wildman–Crippen MR) is 84.6 cm³/mol. The molecule has 2 aromatic rings. The van der Waals surface area contributed by atoms with E-state index >= 15 is 0 Å². The minimum absolute atomic E-state index is 0.240. The first-order chi connectivity index (χ1) is 11.1. The Balaban J connectivity index is 1.60. The van der Waals surface area contributed by atoms with Gasteiger partial charge in [0.05, 0.1) is 6.04 Å². The fourth-order valence-electron chi connectivity index (χ4n) is 2.12. The Morgan fingerprint density at radius 1 is 1.17 bits per heavy atom. The summed E-state index contributed by atoms with van der Waals surface area (Å²) in [4.78, 5) is 11.0. The Morgan fingerprint density at radius 3 is 2.61 bits per heavy atom. The molecule has 6 nitrogen and oxygen atoms in total. The number of primary amides is 1. The smallest absolute Gasteiger partial charge is 0.234 e. The predicted octanol–water partition coefficient (Wildman–Crippen LogP) is 2.17. The number of nitrogens with two attached hydrogens (primary N) is 1. The van der Waals surface area contributed by atoms with Gasteiger partial charge < -0.3 is 25.3 Å². The lowest BCUT2D eigenvalue weighted by molar-refractivity contribution is -0.119. The van der Waals surface area contributed by atoms with Crippen LogP contribution in [0.4, 0.5) is 0 Å². The molecule has 23 heavy (non-hydrogen) atoms. The third kappa shape index (κ3) is 3.73. The standard InChI is InChI=1S/C17H18N2O4/c1-11(17(18)20)19-9-12-2-4-13(5-3-12)23-14-6-7-15-16(8-14)22-10-21-15/h2-8,11,19H,9-10H2,1H3,(H2,18,20)/t11-/m0/s1. The third-order valence-corrected chi connectivity index (χ3v) is 3.54. The van der Waals surface area contributed by atoms with Gasteiger partial charge in [-0.05, 0) is 36.8 Å². The zero-order valence-corrected chi connectivity index (χ0v) is 12.7. The van der Waals surface area contributed by atoms with Gasteiger partial charge in [0.2, 0.25) is 12.7 Å². The summed E-state index contributed by atoms with van der Waals surface area (Å²) in [5, 5.41) is 3.05. The third-order valence-electron chi connectivity index (χ3n) is 3.54. The van der Waals surface area contributed by atoms with Crippen molar-refractivity contribution >= 4 is 5.91 Å². The van der Waals surface area contributed by atoms with E-state index in [1.165, 1.54) is 0 Å². The van der Waals surface area contributed by atoms with Crippen LogP contribution in [0, 0.1) is 0 Å². The van der Waals surface area contributed by atoms with Gasteiger partial charge in [-0.15, -0.1) is 0 Å². The molecular formula is C17H18N2O4. The summed E-state index contributed by atoms with van der Waals surface area (Å²) < 4.78 is 16.4. The maximum Gasteiger partial charge on any atom is 0.234 e. The van der Waals surface area contributed by atoms with Gasteiger partial charge in [-0.3, -0.25) is 4.79 Å². The van der Waals surface area contributed by atoms with E-state index in [4.69, 9.17) is 19.9 Å². The lowest BCUT2D eigenvalue weighted by Gasteiger charge is -2.11. The highest BCUT2D eigenvalue weighted by molar-refractivity contribution is 5.79. The zero-order chi connectivity index (χ0) is 16.2. The fraction of sp³-hybridized carbons (Fsp3) is 0.235. The molecule has 0 saturated carbocycles. The number of fused-ring (bicyclic) bond motifs is 1. The number of amides is 1. The van der Waals surface area contributed by atoms with Crippen LogP contribution in [0.5, 0.6) is 23.0 Å². The number of carbonyl (C=O) groups excluding carboxylic acids is 1. The summed E-state index contributed by atoms with van der Waals surface area (Å²) >= 11 is 0. The van der Waals surface area contributed by atoms with Crippen molar-refractivity contribution in [3.8, 4) is 23.0 Å². The molecule has 3 N–H and O–H groups in total. The Kier molecular flexibility index (Phi) is 4.34. The van der Waals surface area contributed by atoms with Gasteiger partial charge in [-0.25, -0.2) is 0 Å². The molecule has 1 heterocycles. The molecule has 1 atom stereocenters. The Labute approximate surface area is 134 Å². The SMILES string of the molecule is C[C@H](NCc1ccc(Oc2ccc3c(c2)OCO3)cc1)C(N)=O. The number of hydrogen-bond donors (Lipinski definition) is 2. The molecule has 0 aromatic heterocycles. The molecule has 6 heteroatoms. The first-order valence-electron chi connectivity index (χ1n) is 7.31. The molecule has 0 fully saturated rings. The van der Waals surface area contributed by atoms with Crippen LogP contribution in [0.3, 0.4) is 0 Å². The fourth-order valence-corrected chi connectivity index (χ4v) is 2.12. The van der Waals surface area contributed by atoms with Gasteiger partial charge in [0.25, 0.3) is 0 Å². The number of nitrogens with one attached hydrogen (secondary N) is 1. The molecule has 120 valence electrons. The van der Waals surface area contributed by atoms with E-state index in [1.54, 1.807) is 13.0 Å². The van der Waals surface area contributed by atoms with Crippen LogP contribution in [-0.4, -0.2) is 18.7 Å². The molecule has 0 unspecified atom stereocenters. The van der Waals surface area contributed by atoms with Crippen molar-refractivity contribution in [3.05, 3.63) is 48.0 Å². The van der Waals surface area contributed by atoms with Crippen molar-refractivity contribution in [2.75, 3.05) is 6.79 Å². The van der Waals surface area contributed by atoms with Crippen LogP contribution >= 0.6 is 0 Å². The summed E-state index contributed by atoms with van der Waals surface area (Å²) in [6, 6.07) is 12.7. The van der Waals surface area contributed by atoms with Crippen molar-refractivity contribution < 1.29 is 19.0 Å². The lowest BCUT2D eigenvalue weighted by atomic mass is 10.2. The van der Waals surface area contributed by atoms with Crippen LogP contribution in [0.25, 0.3) is 0 Å². The normalized spacial score (nSPS) is 13.6. The monoisotopic (exact) mass is 314 g/mol. The van der Waals surface area contributed by atoms with Crippen LogP contribution in [0.2, 0.25) is 0 Å². The van der Waals surface area contributed by atoms with Gasteiger partial charge in [-0.1, -0.05) is 12.1 Å². The highest BCUT2D eigenvalue weighted by Gasteiger charge is 2.14. The Bertz CT molecular complexity index is 700. The van der Waals surface area contributed by atoms with Crippen LogP contribution < -0.4 is 25.3 Å². The summed E-state index contributed by atoms with van der Waals surface area (Å²) in [7, 11) is 0. The number of hydrogen-bond acceptors (Lipinski definition) is 5. The number of ether oxygens (including phenoxy) is 3. The molecule has 0 aliphatic carbocycles. The number of carbonyl (C=O) groups is 1. The van der Waals surface area contributed by atoms with E-state index in [0.717, 1.165) is 17.1 Å². The first kappa shape index (κ1) is 15.2. The molecule has 0 bridgehead atoms. The largest absolute Gasteiger partial charge is 0.457 e. The van der Waals surface area contributed by atoms with Crippen molar-refractivity contribution in [1.82, 2.24) is 5.32 Å². The van der Waals surface area contributed by atoms with Gasteiger partial charge in [-0.2, -0.15) is 0 Å². The second-order valence-corrected chi connectivity index (χ2v) is 5.27. The van der Waals surface area contributed by atoms with Crippen LogP contribution in [0.1, 0.15) is 12.5 Å². The van der Waals surface area contributed by atoms with Crippen molar-refractivity contribution in [2.24, 2.45) is 5.73 Å². The molecule has 0 radical (unpaired) electrons. The highest BCUT2D eigenvalue weighted by Crippen LogP contribution is 2.36. The molecule has 3 rings (SSSR count). The molecule has 1 aliphatic heterocycles. The van der Waals surface area contributed by atoms with E-state index < -0.39 is 0 Å². The van der Waals surface area contributed by atoms with Gasteiger partial charge in [0, 0.05) is 12.6 Å². The average molecular weight is 314 g/mol. The minimum atomic E-state index is -0.368.